The minimum absolute atomic E-state index is 0.0911. The van der Waals surface area contributed by atoms with Crippen LogP contribution in [0.3, 0.4) is 0 Å². The summed E-state index contributed by atoms with van der Waals surface area (Å²) in [5.74, 6) is 1.38. The molecule has 0 radical (unpaired) electrons. The fraction of sp³-hybridized carbons (Fsp3) is 0.524. The minimum atomic E-state index is -0.287. The van der Waals surface area contributed by atoms with Gasteiger partial charge < -0.3 is 9.47 Å². The van der Waals surface area contributed by atoms with E-state index in [1.54, 1.807) is 6.07 Å². The standard InChI is InChI=1S/C21H28FN3O/c1-3-9-25-16(2)14-23-20(25)12-18-7-5-10-24(15-18)21(26)13-17-6-4-8-19(22)11-17/h4,6,8,11,14,18H,3,5,7,9-10,12-13,15H2,1-2H3. The summed E-state index contributed by atoms with van der Waals surface area (Å²) in [6.07, 6.45) is 6.37. The van der Waals surface area contributed by atoms with Crippen molar-refractivity contribution in [2.75, 3.05) is 13.1 Å². The van der Waals surface area contributed by atoms with Crippen molar-refractivity contribution in [2.45, 2.75) is 52.5 Å². The molecule has 1 aromatic heterocycles. The number of halogens is 1. The van der Waals surface area contributed by atoms with E-state index in [2.05, 4.69) is 23.4 Å². The van der Waals surface area contributed by atoms with Gasteiger partial charge in [0.05, 0.1) is 6.42 Å². The third-order valence-electron chi connectivity index (χ3n) is 5.17. The highest BCUT2D eigenvalue weighted by molar-refractivity contribution is 5.78. The van der Waals surface area contributed by atoms with Crippen molar-refractivity contribution in [3.8, 4) is 0 Å². The Morgan fingerprint density at radius 2 is 2.23 bits per heavy atom. The van der Waals surface area contributed by atoms with E-state index in [-0.39, 0.29) is 18.1 Å². The Balaban J connectivity index is 1.61. The lowest BCUT2D eigenvalue weighted by Crippen LogP contribution is -2.41. The molecule has 0 bridgehead atoms. The van der Waals surface area contributed by atoms with E-state index in [9.17, 15) is 9.18 Å². The van der Waals surface area contributed by atoms with Gasteiger partial charge >= 0.3 is 0 Å². The number of carbonyl (C=O) groups is 1. The minimum Gasteiger partial charge on any atom is -0.342 e. The van der Waals surface area contributed by atoms with Gasteiger partial charge in [-0.25, -0.2) is 9.37 Å². The zero-order valence-corrected chi connectivity index (χ0v) is 15.7. The van der Waals surface area contributed by atoms with Crippen LogP contribution in [-0.4, -0.2) is 33.4 Å². The predicted octanol–water partition coefficient (Wildman–Crippen LogP) is 3.76. The Hall–Kier alpha value is -2.17. The van der Waals surface area contributed by atoms with Crippen LogP contribution < -0.4 is 0 Å². The third-order valence-corrected chi connectivity index (χ3v) is 5.17. The van der Waals surface area contributed by atoms with Crippen molar-refractivity contribution in [3.05, 3.63) is 53.4 Å². The average molecular weight is 357 g/mol. The maximum absolute atomic E-state index is 13.3. The van der Waals surface area contributed by atoms with Gasteiger partial charge in [0, 0.05) is 37.9 Å². The van der Waals surface area contributed by atoms with Gasteiger partial charge in [0.15, 0.2) is 0 Å². The number of piperidine rings is 1. The summed E-state index contributed by atoms with van der Waals surface area (Å²) < 4.78 is 15.6. The molecule has 4 nitrogen and oxygen atoms in total. The van der Waals surface area contributed by atoms with E-state index >= 15 is 0 Å². The van der Waals surface area contributed by atoms with Crippen molar-refractivity contribution in [1.82, 2.24) is 14.5 Å². The van der Waals surface area contributed by atoms with Crippen molar-refractivity contribution in [1.29, 1.82) is 0 Å². The number of carbonyl (C=O) groups excluding carboxylic acids is 1. The average Bonchev–Trinajstić information content (AvgIpc) is 2.96. The summed E-state index contributed by atoms with van der Waals surface area (Å²) in [5, 5.41) is 0. The van der Waals surface area contributed by atoms with Crippen LogP contribution >= 0.6 is 0 Å². The van der Waals surface area contributed by atoms with Crippen LogP contribution in [0.5, 0.6) is 0 Å². The quantitative estimate of drug-likeness (QED) is 0.789. The normalized spacial score (nSPS) is 17.5. The molecule has 140 valence electrons. The number of rotatable bonds is 6. The maximum Gasteiger partial charge on any atom is 0.227 e. The summed E-state index contributed by atoms with van der Waals surface area (Å²) in [7, 11) is 0. The second-order valence-electron chi connectivity index (χ2n) is 7.33. The van der Waals surface area contributed by atoms with Gasteiger partial charge in [-0.2, -0.15) is 0 Å². The van der Waals surface area contributed by atoms with Gasteiger partial charge in [0.2, 0.25) is 5.91 Å². The van der Waals surface area contributed by atoms with Crippen LogP contribution in [0.2, 0.25) is 0 Å². The smallest absolute Gasteiger partial charge is 0.227 e. The fourth-order valence-electron chi connectivity index (χ4n) is 3.85. The zero-order chi connectivity index (χ0) is 18.5. The molecule has 1 aliphatic heterocycles. The third kappa shape index (κ3) is 4.51. The Bertz CT molecular complexity index is 755. The first-order valence-electron chi connectivity index (χ1n) is 9.60. The van der Waals surface area contributed by atoms with Gasteiger partial charge in [-0.05, 0) is 49.8 Å². The molecular formula is C21H28FN3O. The lowest BCUT2D eigenvalue weighted by Gasteiger charge is -2.33. The van der Waals surface area contributed by atoms with Crippen molar-refractivity contribution < 1.29 is 9.18 Å². The zero-order valence-electron chi connectivity index (χ0n) is 15.7. The molecule has 26 heavy (non-hydrogen) atoms. The molecule has 3 rings (SSSR count). The number of aromatic nitrogens is 2. The molecule has 5 heteroatoms. The molecule has 1 amide bonds. The highest BCUT2D eigenvalue weighted by Gasteiger charge is 2.25. The highest BCUT2D eigenvalue weighted by Crippen LogP contribution is 2.22. The number of hydrogen-bond acceptors (Lipinski definition) is 2. The summed E-state index contributed by atoms with van der Waals surface area (Å²) in [5.41, 5.74) is 1.95. The number of nitrogens with zero attached hydrogens (tertiary/aromatic N) is 3. The van der Waals surface area contributed by atoms with Crippen LogP contribution in [-0.2, 0) is 24.2 Å². The summed E-state index contributed by atoms with van der Waals surface area (Å²) >= 11 is 0. The maximum atomic E-state index is 13.3. The SMILES string of the molecule is CCCn1c(C)cnc1CC1CCCN(C(=O)Cc2cccc(F)c2)C1. The van der Waals surface area contributed by atoms with Crippen LogP contribution in [0.4, 0.5) is 4.39 Å². The molecule has 0 N–H and O–H groups in total. The molecule has 1 aliphatic rings. The lowest BCUT2D eigenvalue weighted by atomic mass is 9.94. The molecule has 1 atom stereocenters. The second-order valence-corrected chi connectivity index (χ2v) is 7.33. The summed E-state index contributed by atoms with van der Waals surface area (Å²) in [4.78, 5) is 19.2. The largest absolute Gasteiger partial charge is 0.342 e. The van der Waals surface area contributed by atoms with E-state index in [0.29, 0.717) is 5.92 Å². The molecule has 0 aliphatic carbocycles. The van der Waals surface area contributed by atoms with Gasteiger partial charge in [-0.3, -0.25) is 4.79 Å². The number of aryl methyl sites for hydroxylation is 1. The topological polar surface area (TPSA) is 38.1 Å². The lowest BCUT2D eigenvalue weighted by molar-refractivity contribution is -0.132. The van der Waals surface area contributed by atoms with Crippen LogP contribution in [0.1, 0.15) is 43.3 Å². The fourth-order valence-corrected chi connectivity index (χ4v) is 3.85. The van der Waals surface area contributed by atoms with Crippen molar-refractivity contribution in [2.24, 2.45) is 5.92 Å². The molecule has 0 saturated carbocycles. The summed E-state index contributed by atoms with van der Waals surface area (Å²) in [6.45, 7) is 6.84. The van der Waals surface area contributed by atoms with E-state index in [1.807, 2.05) is 17.2 Å². The van der Waals surface area contributed by atoms with Gasteiger partial charge in [-0.15, -0.1) is 0 Å². The molecule has 0 spiro atoms. The number of imidazole rings is 1. The Kier molecular flexibility index (Phi) is 6.07. The van der Waals surface area contributed by atoms with Gasteiger partial charge in [0.25, 0.3) is 0 Å². The number of amides is 1. The number of likely N-dealkylation sites (tertiary alicyclic amines) is 1. The second kappa shape index (κ2) is 8.47. The number of hydrogen-bond donors (Lipinski definition) is 0. The van der Waals surface area contributed by atoms with Gasteiger partial charge in [-0.1, -0.05) is 19.1 Å². The van der Waals surface area contributed by atoms with E-state index in [1.165, 1.54) is 17.8 Å². The predicted molar refractivity (Wildman–Crippen MR) is 100 cm³/mol. The van der Waals surface area contributed by atoms with Crippen LogP contribution in [0.25, 0.3) is 0 Å². The molecule has 1 aromatic carbocycles. The first-order valence-corrected chi connectivity index (χ1v) is 9.60. The molecular weight excluding hydrogens is 329 g/mol. The Labute approximate surface area is 155 Å². The first-order chi connectivity index (χ1) is 12.6. The highest BCUT2D eigenvalue weighted by atomic mass is 19.1. The van der Waals surface area contributed by atoms with E-state index in [4.69, 9.17) is 0 Å². The molecule has 1 unspecified atom stereocenters. The number of benzene rings is 1. The van der Waals surface area contributed by atoms with Crippen LogP contribution in [0.15, 0.2) is 30.5 Å². The molecule has 2 aromatic rings. The molecule has 1 fully saturated rings. The van der Waals surface area contributed by atoms with E-state index < -0.39 is 0 Å². The Morgan fingerprint density at radius 1 is 1.38 bits per heavy atom. The summed E-state index contributed by atoms with van der Waals surface area (Å²) in [6, 6.07) is 6.33. The van der Waals surface area contributed by atoms with Crippen LogP contribution in [0, 0.1) is 18.7 Å². The van der Waals surface area contributed by atoms with Crippen molar-refractivity contribution in [3.63, 3.8) is 0 Å². The molecule has 2 heterocycles. The van der Waals surface area contributed by atoms with Gasteiger partial charge in [0.1, 0.15) is 11.6 Å². The Morgan fingerprint density at radius 3 is 3.00 bits per heavy atom. The monoisotopic (exact) mass is 357 g/mol. The van der Waals surface area contributed by atoms with Crippen molar-refractivity contribution >= 4 is 5.91 Å². The first kappa shape index (κ1) is 18.6. The van der Waals surface area contributed by atoms with E-state index in [0.717, 1.165) is 56.7 Å². The molecule has 1 saturated heterocycles.